The number of urea groups is 1. The van der Waals surface area contributed by atoms with Crippen LogP contribution < -0.4 is 5.32 Å². The van der Waals surface area contributed by atoms with E-state index >= 15 is 0 Å². The van der Waals surface area contributed by atoms with Gasteiger partial charge in [-0.25, -0.2) is 4.79 Å². The molecule has 5 nitrogen and oxygen atoms in total. The van der Waals surface area contributed by atoms with Crippen LogP contribution in [0.25, 0.3) is 0 Å². The topological polar surface area (TPSA) is 50.8 Å². The molecule has 2 rings (SSSR count). The normalized spacial score (nSPS) is 20.8. The van der Waals surface area contributed by atoms with Gasteiger partial charge in [0, 0.05) is 18.5 Å². The van der Waals surface area contributed by atoms with Crippen molar-refractivity contribution in [3.8, 4) is 0 Å². The molecule has 2 unspecified atom stereocenters. The molecule has 0 saturated carbocycles. The Morgan fingerprint density at radius 1 is 1.70 bits per heavy atom. The number of rotatable bonds is 4. The van der Waals surface area contributed by atoms with E-state index in [0.29, 0.717) is 26.3 Å². The molecular weight excluding hydrogens is 300 g/mol. The molecule has 20 heavy (non-hydrogen) atoms. The lowest BCUT2D eigenvalue weighted by atomic mass is 10.2. The van der Waals surface area contributed by atoms with E-state index in [1.165, 1.54) is 11.3 Å². The molecular formula is C13H19ClN2O3S. The van der Waals surface area contributed by atoms with Crippen molar-refractivity contribution in [1.82, 2.24) is 10.2 Å². The zero-order valence-corrected chi connectivity index (χ0v) is 13.2. The van der Waals surface area contributed by atoms with Gasteiger partial charge in [-0.2, -0.15) is 0 Å². The van der Waals surface area contributed by atoms with Gasteiger partial charge in [0.05, 0.1) is 36.2 Å². The SMILES string of the molecule is COCC1CN(C(=O)NC(C)c2ccc(Cl)s2)CCO1. The first-order valence-corrected chi connectivity index (χ1v) is 7.71. The average molecular weight is 319 g/mol. The third kappa shape index (κ3) is 4.09. The number of amides is 2. The van der Waals surface area contributed by atoms with Gasteiger partial charge in [-0.1, -0.05) is 11.6 Å². The molecule has 0 radical (unpaired) electrons. The molecule has 7 heteroatoms. The van der Waals surface area contributed by atoms with Crippen molar-refractivity contribution in [2.75, 3.05) is 33.4 Å². The van der Waals surface area contributed by atoms with E-state index in [2.05, 4.69) is 5.32 Å². The number of nitrogens with zero attached hydrogens (tertiary/aromatic N) is 1. The lowest BCUT2D eigenvalue weighted by Gasteiger charge is -2.33. The van der Waals surface area contributed by atoms with Crippen molar-refractivity contribution in [3.05, 3.63) is 21.3 Å². The quantitative estimate of drug-likeness (QED) is 0.928. The van der Waals surface area contributed by atoms with Crippen molar-refractivity contribution in [2.24, 2.45) is 0 Å². The second-order valence-corrected chi connectivity index (χ2v) is 6.45. The van der Waals surface area contributed by atoms with E-state index in [-0.39, 0.29) is 18.2 Å². The van der Waals surface area contributed by atoms with Crippen LogP contribution in [0, 0.1) is 0 Å². The highest BCUT2D eigenvalue weighted by Crippen LogP contribution is 2.26. The Balaban J connectivity index is 1.87. The van der Waals surface area contributed by atoms with Gasteiger partial charge in [0.25, 0.3) is 0 Å². The largest absolute Gasteiger partial charge is 0.382 e. The summed E-state index contributed by atoms with van der Waals surface area (Å²) in [5.74, 6) is 0. The maximum atomic E-state index is 12.2. The molecule has 0 bridgehead atoms. The van der Waals surface area contributed by atoms with Crippen molar-refractivity contribution in [3.63, 3.8) is 0 Å². The Morgan fingerprint density at radius 3 is 3.15 bits per heavy atom. The second kappa shape index (κ2) is 7.26. The fourth-order valence-corrected chi connectivity index (χ4v) is 3.16. The highest BCUT2D eigenvalue weighted by atomic mass is 35.5. The molecule has 0 spiro atoms. The average Bonchev–Trinajstić information content (AvgIpc) is 2.86. The maximum absolute atomic E-state index is 12.2. The Bertz CT molecular complexity index is 453. The third-order valence-electron chi connectivity index (χ3n) is 3.14. The Kier molecular flexibility index (Phi) is 5.65. The number of thiophene rings is 1. The van der Waals surface area contributed by atoms with Crippen LogP contribution in [-0.4, -0.2) is 50.4 Å². The van der Waals surface area contributed by atoms with Gasteiger partial charge in [-0.05, 0) is 19.1 Å². The predicted octanol–water partition coefficient (Wildman–Crippen LogP) is 2.52. The summed E-state index contributed by atoms with van der Waals surface area (Å²) in [6, 6.07) is 3.65. The highest BCUT2D eigenvalue weighted by Gasteiger charge is 2.25. The van der Waals surface area contributed by atoms with Gasteiger partial charge in [-0.3, -0.25) is 0 Å². The number of nitrogens with one attached hydrogen (secondary N) is 1. The van der Waals surface area contributed by atoms with Crippen LogP contribution in [0.4, 0.5) is 4.79 Å². The number of hydrogen-bond acceptors (Lipinski definition) is 4. The first-order chi connectivity index (χ1) is 9.60. The fraction of sp³-hybridized carbons (Fsp3) is 0.615. The van der Waals surface area contributed by atoms with Gasteiger partial charge in [-0.15, -0.1) is 11.3 Å². The van der Waals surface area contributed by atoms with E-state index in [1.807, 2.05) is 19.1 Å². The molecule has 2 amide bonds. The summed E-state index contributed by atoms with van der Waals surface area (Å²) in [6.07, 6.45) is -0.0500. The van der Waals surface area contributed by atoms with E-state index in [1.54, 1.807) is 12.0 Å². The minimum atomic E-state index is -0.0774. The summed E-state index contributed by atoms with van der Waals surface area (Å²) < 4.78 is 11.3. The van der Waals surface area contributed by atoms with Crippen molar-refractivity contribution in [1.29, 1.82) is 0 Å². The molecule has 1 aromatic heterocycles. The molecule has 0 aromatic carbocycles. The smallest absolute Gasteiger partial charge is 0.318 e. The number of morpholine rings is 1. The van der Waals surface area contributed by atoms with Crippen molar-refractivity contribution < 1.29 is 14.3 Å². The first-order valence-electron chi connectivity index (χ1n) is 6.51. The van der Waals surface area contributed by atoms with E-state index in [4.69, 9.17) is 21.1 Å². The van der Waals surface area contributed by atoms with E-state index in [9.17, 15) is 4.79 Å². The lowest BCUT2D eigenvalue weighted by molar-refractivity contribution is -0.0496. The van der Waals surface area contributed by atoms with Gasteiger partial charge in [0.15, 0.2) is 0 Å². The summed E-state index contributed by atoms with van der Waals surface area (Å²) in [5, 5.41) is 2.98. The zero-order valence-electron chi connectivity index (χ0n) is 11.6. The van der Waals surface area contributed by atoms with E-state index in [0.717, 1.165) is 9.21 Å². The first kappa shape index (κ1) is 15.6. The van der Waals surface area contributed by atoms with Crippen LogP contribution in [-0.2, 0) is 9.47 Å². The number of ether oxygens (including phenoxy) is 2. The molecule has 2 heterocycles. The molecule has 1 aliphatic heterocycles. The molecule has 1 saturated heterocycles. The summed E-state index contributed by atoms with van der Waals surface area (Å²) in [6.45, 7) is 4.15. The third-order valence-corrected chi connectivity index (χ3v) is 4.55. The fourth-order valence-electron chi connectivity index (χ4n) is 2.10. The molecule has 0 aliphatic carbocycles. The highest BCUT2D eigenvalue weighted by molar-refractivity contribution is 7.16. The zero-order chi connectivity index (χ0) is 14.5. The number of hydrogen-bond donors (Lipinski definition) is 1. The van der Waals surface area contributed by atoms with Gasteiger partial charge in [0.2, 0.25) is 0 Å². The summed E-state index contributed by atoms with van der Waals surface area (Å²) in [5.41, 5.74) is 0. The van der Waals surface area contributed by atoms with E-state index < -0.39 is 0 Å². The maximum Gasteiger partial charge on any atom is 0.318 e. The monoisotopic (exact) mass is 318 g/mol. The number of halogens is 1. The molecule has 1 aromatic rings. The van der Waals surface area contributed by atoms with Crippen molar-refractivity contribution in [2.45, 2.75) is 19.1 Å². The molecule has 112 valence electrons. The summed E-state index contributed by atoms with van der Waals surface area (Å²) in [7, 11) is 1.63. The van der Waals surface area contributed by atoms with Crippen LogP contribution in [0.3, 0.4) is 0 Å². The Morgan fingerprint density at radius 2 is 2.50 bits per heavy atom. The number of carbonyl (C=O) groups is 1. The summed E-state index contributed by atoms with van der Waals surface area (Å²) >= 11 is 7.39. The minimum absolute atomic E-state index is 0.0500. The van der Waals surface area contributed by atoms with Crippen LogP contribution in [0.2, 0.25) is 4.34 Å². The second-order valence-electron chi connectivity index (χ2n) is 4.71. The Hall–Kier alpha value is -0.820. The lowest BCUT2D eigenvalue weighted by Crippen LogP contribution is -2.51. The molecule has 1 fully saturated rings. The number of carbonyl (C=O) groups excluding carboxylic acids is 1. The van der Waals surface area contributed by atoms with Gasteiger partial charge < -0.3 is 19.7 Å². The van der Waals surface area contributed by atoms with Gasteiger partial charge in [0.1, 0.15) is 0 Å². The number of methoxy groups -OCH3 is 1. The van der Waals surface area contributed by atoms with Gasteiger partial charge >= 0.3 is 6.03 Å². The van der Waals surface area contributed by atoms with Crippen LogP contribution in [0.5, 0.6) is 0 Å². The predicted molar refractivity (Wildman–Crippen MR) is 79.5 cm³/mol. The van der Waals surface area contributed by atoms with Crippen LogP contribution in [0.1, 0.15) is 17.8 Å². The minimum Gasteiger partial charge on any atom is -0.382 e. The van der Waals surface area contributed by atoms with Crippen LogP contribution >= 0.6 is 22.9 Å². The van der Waals surface area contributed by atoms with Crippen LogP contribution in [0.15, 0.2) is 12.1 Å². The summed E-state index contributed by atoms with van der Waals surface area (Å²) in [4.78, 5) is 15.0. The van der Waals surface area contributed by atoms with Crippen molar-refractivity contribution >= 4 is 29.0 Å². The molecule has 1 aliphatic rings. The molecule has 2 atom stereocenters. The standard InChI is InChI=1S/C13H19ClN2O3S/c1-9(11-3-4-12(14)20-11)15-13(17)16-5-6-19-10(7-16)8-18-2/h3-4,9-10H,5-8H2,1-2H3,(H,15,17). The Labute approximate surface area is 127 Å². The molecule has 1 N–H and O–H groups in total.